The Morgan fingerprint density at radius 1 is 1.44 bits per heavy atom. The van der Waals surface area contributed by atoms with Gasteiger partial charge in [0.25, 0.3) is 0 Å². The van der Waals surface area contributed by atoms with Crippen LogP contribution in [0.2, 0.25) is 0 Å². The van der Waals surface area contributed by atoms with Crippen molar-refractivity contribution in [2.75, 3.05) is 11.5 Å². The number of hydrogen-bond acceptors (Lipinski definition) is 5. The highest BCUT2D eigenvalue weighted by Crippen LogP contribution is 2.27. The molecule has 0 amide bonds. The fourth-order valence-electron chi connectivity index (χ4n) is 1.41. The molecule has 0 aliphatic rings. The summed E-state index contributed by atoms with van der Waals surface area (Å²) in [5.74, 6) is 0.141. The Hall–Kier alpha value is -1.14. The van der Waals surface area contributed by atoms with Crippen LogP contribution in [0.1, 0.15) is 13.3 Å². The third-order valence-electron chi connectivity index (χ3n) is 2.13. The molecule has 1 aromatic carbocycles. The first-order chi connectivity index (χ1) is 7.53. The molecule has 0 fully saturated rings. The monoisotopic (exact) mass is 256 g/mol. The summed E-state index contributed by atoms with van der Waals surface area (Å²) < 4.78 is 24.6. The Balaban J connectivity index is 2.55. The zero-order valence-electron chi connectivity index (χ0n) is 8.80. The van der Waals surface area contributed by atoms with E-state index in [1.807, 2.05) is 6.92 Å². The van der Waals surface area contributed by atoms with Crippen molar-refractivity contribution in [3.05, 3.63) is 18.2 Å². The molecule has 16 heavy (non-hydrogen) atoms. The van der Waals surface area contributed by atoms with E-state index in [1.165, 1.54) is 11.3 Å². The highest BCUT2D eigenvalue weighted by Gasteiger charge is 2.18. The van der Waals surface area contributed by atoms with Gasteiger partial charge in [-0.05, 0) is 24.6 Å². The Labute approximate surface area is 98.0 Å². The normalized spacial score (nSPS) is 12.1. The van der Waals surface area contributed by atoms with E-state index >= 15 is 0 Å². The fraction of sp³-hybridized carbons (Fsp3) is 0.300. The number of fused-ring (bicyclic) bond motifs is 1. The summed E-state index contributed by atoms with van der Waals surface area (Å²) in [6, 6.07) is 5.21. The molecule has 2 aromatic rings. The number of sulfone groups is 1. The van der Waals surface area contributed by atoms with Gasteiger partial charge in [-0.3, -0.25) is 0 Å². The van der Waals surface area contributed by atoms with Gasteiger partial charge < -0.3 is 5.73 Å². The molecular formula is C10H12N2O2S2. The Morgan fingerprint density at radius 2 is 2.19 bits per heavy atom. The van der Waals surface area contributed by atoms with Crippen LogP contribution >= 0.6 is 11.3 Å². The molecule has 6 heteroatoms. The van der Waals surface area contributed by atoms with Gasteiger partial charge in [0.05, 0.1) is 16.0 Å². The first-order valence-electron chi connectivity index (χ1n) is 4.92. The number of nitrogens with two attached hydrogens (primary N) is 1. The average molecular weight is 256 g/mol. The standard InChI is InChI=1S/C10H12N2O2S2/c1-2-5-16(13,14)10-12-8-4-3-7(11)6-9(8)15-10/h3-4,6H,2,5,11H2,1H3. The van der Waals surface area contributed by atoms with Gasteiger partial charge in [-0.15, -0.1) is 11.3 Å². The Bertz CT molecular complexity index is 617. The molecule has 4 nitrogen and oxygen atoms in total. The van der Waals surface area contributed by atoms with Gasteiger partial charge in [0.1, 0.15) is 0 Å². The van der Waals surface area contributed by atoms with Crippen LogP contribution in [-0.2, 0) is 9.84 Å². The van der Waals surface area contributed by atoms with Crippen LogP contribution in [0.5, 0.6) is 0 Å². The zero-order valence-corrected chi connectivity index (χ0v) is 10.4. The average Bonchev–Trinajstić information content (AvgIpc) is 2.61. The van der Waals surface area contributed by atoms with Crippen molar-refractivity contribution in [1.29, 1.82) is 0 Å². The van der Waals surface area contributed by atoms with E-state index in [1.54, 1.807) is 18.2 Å². The molecule has 1 heterocycles. The third kappa shape index (κ3) is 2.03. The van der Waals surface area contributed by atoms with E-state index in [2.05, 4.69) is 4.98 Å². The van der Waals surface area contributed by atoms with Crippen molar-refractivity contribution in [2.24, 2.45) is 0 Å². The minimum atomic E-state index is -3.22. The number of aromatic nitrogens is 1. The highest BCUT2D eigenvalue weighted by molar-refractivity contribution is 7.93. The van der Waals surface area contributed by atoms with E-state index in [-0.39, 0.29) is 10.1 Å². The molecule has 0 spiro atoms. The van der Waals surface area contributed by atoms with E-state index < -0.39 is 9.84 Å². The van der Waals surface area contributed by atoms with Crippen LogP contribution in [-0.4, -0.2) is 19.2 Å². The molecule has 0 saturated carbocycles. The lowest BCUT2D eigenvalue weighted by molar-refractivity contribution is 0.594. The molecule has 0 saturated heterocycles. The van der Waals surface area contributed by atoms with Gasteiger partial charge >= 0.3 is 0 Å². The fourth-order valence-corrected chi connectivity index (χ4v) is 4.13. The smallest absolute Gasteiger partial charge is 0.210 e. The summed E-state index contributed by atoms with van der Waals surface area (Å²) in [6.45, 7) is 1.84. The van der Waals surface area contributed by atoms with Gasteiger partial charge in [0.2, 0.25) is 14.2 Å². The molecule has 0 bridgehead atoms. The third-order valence-corrected chi connectivity index (χ3v) is 5.53. The molecule has 0 aliphatic heterocycles. The van der Waals surface area contributed by atoms with Crippen molar-refractivity contribution >= 4 is 37.1 Å². The second kappa shape index (κ2) is 4.03. The lowest BCUT2D eigenvalue weighted by Gasteiger charge is -1.95. The van der Waals surface area contributed by atoms with Crippen LogP contribution in [0, 0.1) is 0 Å². The molecule has 1 aromatic heterocycles. The van der Waals surface area contributed by atoms with Crippen LogP contribution in [0.4, 0.5) is 5.69 Å². The summed E-state index contributed by atoms with van der Waals surface area (Å²) in [5.41, 5.74) is 6.94. The maximum absolute atomic E-state index is 11.8. The summed E-state index contributed by atoms with van der Waals surface area (Å²) in [5, 5.41) is 0. The minimum Gasteiger partial charge on any atom is -0.399 e. The number of nitrogens with zero attached hydrogens (tertiary/aromatic N) is 1. The van der Waals surface area contributed by atoms with Crippen LogP contribution in [0.15, 0.2) is 22.5 Å². The molecule has 0 atom stereocenters. The Kier molecular flexibility index (Phi) is 2.86. The van der Waals surface area contributed by atoms with Crippen molar-refractivity contribution in [1.82, 2.24) is 4.98 Å². The minimum absolute atomic E-state index is 0.141. The van der Waals surface area contributed by atoms with Gasteiger partial charge in [-0.1, -0.05) is 6.92 Å². The summed E-state index contributed by atoms with van der Waals surface area (Å²) in [7, 11) is -3.22. The summed E-state index contributed by atoms with van der Waals surface area (Å²) in [6.07, 6.45) is 0.598. The molecule has 0 radical (unpaired) electrons. The van der Waals surface area contributed by atoms with Crippen LogP contribution < -0.4 is 5.73 Å². The number of thiazole rings is 1. The molecule has 0 unspecified atom stereocenters. The van der Waals surface area contributed by atoms with Gasteiger partial charge in [-0.25, -0.2) is 13.4 Å². The van der Waals surface area contributed by atoms with Gasteiger partial charge in [0.15, 0.2) is 0 Å². The number of benzene rings is 1. The second-order valence-corrected chi connectivity index (χ2v) is 6.84. The first kappa shape index (κ1) is 11.3. The molecular weight excluding hydrogens is 244 g/mol. The molecule has 86 valence electrons. The molecule has 2 rings (SSSR count). The highest BCUT2D eigenvalue weighted by atomic mass is 32.2. The SMILES string of the molecule is CCCS(=O)(=O)c1nc2ccc(N)cc2s1. The number of hydrogen-bond donors (Lipinski definition) is 1. The zero-order chi connectivity index (χ0) is 11.8. The van der Waals surface area contributed by atoms with E-state index in [0.717, 1.165) is 4.70 Å². The quantitative estimate of drug-likeness (QED) is 0.853. The largest absolute Gasteiger partial charge is 0.399 e. The van der Waals surface area contributed by atoms with E-state index in [4.69, 9.17) is 5.73 Å². The lowest BCUT2D eigenvalue weighted by atomic mass is 10.3. The molecule has 2 N–H and O–H groups in total. The first-order valence-corrected chi connectivity index (χ1v) is 7.38. The van der Waals surface area contributed by atoms with Crippen molar-refractivity contribution < 1.29 is 8.42 Å². The number of nitrogen functional groups attached to an aromatic ring is 1. The van der Waals surface area contributed by atoms with Crippen LogP contribution in [0.25, 0.3) is 10.2 Å². The van der Waals surface area contributed by atoms with Crippen molar-refractivity contribution in [3.63, 3.8) is 0 Å². The van der Waals surface area contributed by atoms with Gasteiger partial charge in [-0.2, -0.15) is 0 Å². The predicted molar refractivity (Wildman–Crippen MR) is 66.4 cm³/mol. The van der Waals surface area contributed by atoms with Crippen molar-refractivity contribution in [2.45, 2.75) is 17.7 Å². The molecule has 0 aliphatic carbocycles. The lowest BCUT2D eigenvalue weighted by Crippen LogP contribution is -2.04. The second-order valence-electron chi connectivity index (χ2n) is 3.53. The number of anilines is 1. The van der Waals surface area contributed by atoms with Crippen LogP contribution in [0.3, 0.4) is 0 Å². The summed E-state index contributed by atoms with van der Waals surface area (Å²) in [4.78, 5) is 4.12. The van der Waals surface area contributed by atoms with Gasteiger partial charge in [0, 0.05) is 5.69 Å². The maximum atomic E-state index is 11.8. The van der Waals surface area contributed by atoms with Crippen molar-refractivity contribution in [3.8, 4) is 0 Å². The topological polar surface area (TPSA) is 73.0 Å². The summed E-state index contributed by atoms with van der Waals surface area (Å²) >= 11 is 1.18. The Morgan fingerprint density at radius 3 is 2.88 bits per heavy atom. The predicted octanol–water partition coefficient (Wildman–Crippen LogP) is 2.06. The number of rotatable bonds is 3. The maximum Gasteiger partial charge on any atom is 0.210 e. The van der Waals surface area contributed by atoms with E-state index in [0.29, 0.717) is 17.6 Å². The van der Waals surface area contributed by atoms with E-state index in [9.17, 15) is 8.42 Å².